The fourth-order valence-electron chi connectivity index (χ4n) is 2.29. The average molecular weight is 308 g/mol. The van der Waals surface area contributed by atoms with E-state index in [0.29, 0.717) is 35.0 Å². The minimum absolute atomic E-state index is 0.366. The first-order valence-electron chi connectivity index (χ1n) is 6.41. The van der Waals surface area contributed by atoms with Gasteiger partial charge < -0.3 is 10.3 Å². The summed E-state index contributed by atoms with van der Waals surface area (Å²) in [5.74, 6) is -1.21. The van der Waals surface area contributed by atoms with Gasteiger partial charge in [0.05, 0.1) is 11.0 Å². The molecule has 21 heavy (non-hydrogen) atoms. The molecule has 0 bridgehead atoms. The van der Waals surface area contributed by atoms with E-state index in [1.54, 1.807) is 16.7 Å². The van der Waals surface area contributed by atoms with Crippen molar-refractivity contribution in [3.8, 4) is 11.4 Å². The topological polar surface area (TPSA) is 43.8 Å². The van der Waals surface area contributed by atoms with Crippen LogP contribution < -0.4 is 5.73 Å². The molecule has 0 amide bonds. The van der Waals surface area contributed by atoms with Crippen molar-refractivity contribution < 1.29 is 8.78 Å². The monoisotopic (exact) mass is 307 g/mol. The molecule has 0 aliphatic carbocycles. The molecule has 0 saturated carbocycles. The van der Waals surface area contributed by atoms with Crippen LogP contribution in [0.25, 0.3) is 22.4 Å². The Morgan fingerprint density at radius 2 is 1.76 bits per heavy atom. The minimum atomic E-state index is -0.914. The minimum Gasteiger partial charge on any atom is -0.329 e. The Bertz CT molecular complexity index is 797. The van der Waals surface area contributed by atoms with E-state index in [1.807, 2.05) is 12.1 Å². The number of rotatable bonds is 3. The molecule has 0 fully saturated rings. The van der Waals surface area contributed by atoms with Crippen molar-refractivity contribution in [1.29, 1.82) is 0 Å². The molecule has 2 aromatic carbocycles. The molecule has 0 aliphatic rings. The lowest BCUT2D eigenvalue weighted by molar-refractivity contribution is 0.510. The zero-order valence-corrected chi connectivity index (χ0v) is 11.7. The molecule has 1 aromatic heterocycles. The summed E-state index contributed by atoms with van der Waals surface area (Å²) >= 11 is 5.87. The molecule has 0 radical (unpaired) electrons. The normalized spacial score (nSPS) is 11.2. The number of aromatic nitrogens is 2. The maximum Gasteiger partial charge on any atom is 0.161 e. The first-order chi connectivity index (χ1) is 10.1. The third kappa shape index (κ3) is 2.50. The molecule has 108 valence electrons. The number of nitrogens with two attached hydrogens (primary N) is 1. The van der Waals surface area contributed by atoms with Crippen molar-refractivity contribution in [2.75, 3.05) is 6.54 Å². The fourth-order valence-corrected chi connectivity index (χ4v) is 2.42. The number of halogens is 3. The van der Waals surface area contributed by atoms with Crippen molar-refractivity contribution >= 4 is 22.6 Å². The largest absolute Gasteiger partial charge is 0.329 e. The summed E-state index contributed by atoms with van der Waals surface area (Å²) in [4.78, 5) is 4.39. The molecule has 0 aliphatic heterocycles. The third-order valence-corrected chi connectivity index (χ3v) is 3.50. The van der Waals surface area contributed by atoms with Gasteiger partial charge in [0.25, 0.3) is 0 Å². The van der Waals surface area contributed by atoms with Crippen molar-refractivity contribution in [3.05, 3.63) is 53.1 Å². The standard InChI is InChI=1S/C15H12ClF2N3/c16-10-3-1-9(2-4-10)15-20-13-7-11(17)12(18)8-14(13)21(15)6-5-19/h1-4,7-8H,5-6,19H2. The van der Waals surface area contributed by atoms with Gasteiger partial charge in [0.1, 0.15) is 5.82 Å². The van der Waals surface area contributed by atoms with Crippen LogP contribution in [0.3, 0.4) is 0 Å². The van der Waals surface area contributed by atoms with Gasteiger partial charge in [-0.1, -0.05) is 11.6 Å². The molecule has 3 aromatic rings. The smallest absolute Gasteiger partial charge is 0.161 e. The first kappa shape index (κ1) is 14.0. The molecule has 6 heteroatoms. The summed E-state index contributed by atoms with van der Waals surface area (Å²) in [5.41, 5.74) is 7.34. The summed E-state index contributed by atoms with van der Waals surface area (Å²) in [6, 6.07) is 9.34. The summed E-state index contributed by atoms with van der Waals surface area (Å²) in [6.45, 7) is 0.824. The maximum absolute atomic E-state index is 13.5. The molecule has 0 spiro atoms. The van der Waals surface area contributed by atoms with E-state index in [0.717, 1.165) is 17.7 Å². The molecule has 3 rings (SSSR count). The third-order valence-electron chi connectivity index (χ3n) is 3.25. The fraction of sp³-hybridized carbons (Fsp3) is 0.133. The summed E-state index contributed by atoms with van der Waals surface area (Å²) < 4.78 is 28.6. The van der Waals surface area contributed by atoms with Gasteiger partial charge in [-0.2, -0.15) is 0 Å². The van der Waals surface area contributed by atoms with Crippen LogP contribution in [0.5, 0.6) is 0 Å². The van der Waals surface area contributed by atoms with Crippen LogP contribution in [0.15, 0.2) is 36.4 Å². The van der Waals surface area contributed by atoms with Gasteiger partial charge in [-0.05, 0) is 24.3 Å². The number of hydrogen-bond donors (Lipinski definition) is 1. The SMILES string of the molecule is NCCn1c(-c2ccc(Cl)cc2)nc2cc(F)c(F)cc21. The van der Waals surface area contributed by atoms with E-state index >= 15 is 0 Å². The molecule has 0 saturated heterocycles. The number of nitrogens with zero attached hydrogens (tertiary/aromatic N) is 2. The molecule has 0 unspecified atom stereocenters. The zero-order valence-electron chi connectivity index (χ0n) is 11.0. The van der Waals surface area contributed by atoms with Crippen LogP contribution in [-0.2, 0) is 6.54 Å². The quantitative estimate of drug-likeness (QED) is 0.803. The Hall–Kier alpha value is -1.98. The van der Waals surface area contributed by atoms with Crippen LogP contribution >= 0.6 is 11.6 Å². The van der Waals surface area contributed by atoms with E-state index in [-0.39, 0.29) is 0 Å². The van der Waals surface area contributed by atoms with Gasteiger partial charge in [-0.3, -0.25) is 0 Å². The van der Waals surface area contributed by atoms with Gasteiger partial charge >= 0.3 is 0 Å². The van der Waals surface area contributed by atoms with Crippen molar-refractivity contribution in [3.63, 3.8) is 0 Å². The van der Waals surface area contributed by atoms with Crippen LogP contribution in [-0.4, -0.2) is 16.1 Å². The molecule has 2 N–H and O–H groups in total. The average Bonchev–Trinajstić information content (AvgIpc) is 2.79. The molecule has 3 nitrogen and oxygen atoms in total. The van der Waals surface area contributed by atoms with Crippen LogP contribution in [0, 0.1) is 11.6 Å². The summed E-state index contributed by atoms with van der Waals surface area (Å²) in [5, 5.41) is 0.609. The van der Waals surface area contributed by atoms with Gasteiger partial charge in [0.2, 0.25) is 0 Å². The lowest BCUT2D eigenvalue weighted by Gasteiger charge is -2.08. The Morgan fingerprint density at radius 1 is 1.10 bits per heavy atom. The highest BCUT2D eigenvalue weighted by atomic mass is 35.5. The zero-order chi connectivity index (χ0) is 15.0. The van der Waals surface area contributed by atoms with Crippen molar-refractivity contribution in [2.24, 2.45) is 5.73 Å². The van der Waals surface area contributed by atoms with Gasteiger partial charge in [0, 0.05) is 35.8 Å². The van der Waals surface area contributed by atoms with Gasteiger partial charge in [-0.25, -0.2) is 13.8 Å². The second-order valence-corrected chi connectivity index (χ2v) is 5.07. The van der Waals surface area contributed by atoms with E-state index in [1.165, 1.54) is 0 Å². The van der Waals surface area contributed by atoms with E-state index in [9.17, 15) is 8.78 Å². The Kier molecular flexibility index (Phi) is 3.61. The second-order valence-electron chi connectivity index (χ2n) is 4.64. The predicted molar refractivity (Wildman–Crippen MR) is 79.1 cm³/mol. The lowest BCUT2D eigenvalue weighted by Crippen LogP contribution is -2.11. The molecular weight excluding hydrogens is 296 g/mol. The highest BCUT2D eigenvalue weighted by Gasteiger charge is 2.15. The highest BCUT2D eigenvalue weighted by molar-refractivity contribution is 6.30. The lowest BCUT2D eigenvalue weighted by atomic mass is 10.2. The van der Waals surface area contributed by atoms with E-state index in [4.69, 9.17) is 17.3 Å². The van der Waals surface area contributed by atoms with Crippen LogP contribution in [0.2, 0.25) is 5.02 Å². The van der Waals surface area contributed by atoms with Crippen molar-refractivity contribution in [1.82, 2.24) is 9.55 Å². The Morgan fingerprint density at radius 3 is 2.43 bits per heavy atom. The van der Waals surface area contributed by atoms with E-state index < -0.39 is 11.6 Å². The van der Waals surface area contributed by atoms with Crippen molar-refractivity contribution in [2.45, 2.75) is 6.54 Å². The molecular formula is C15H12ClF2N3. The molecule has 1 heterocycles. The van der Waals surface area contributed by atoms with E-state index in [2.05, 4.69) is 4.98 Å². The van der Waals surface area contributed by atoms with Crippen LogP contribution in [0.1, 0.15) is 0 Å². The second kappa shape index (κ2) is 5.42. The highest BCUT2D eigenvalue weighted by Crippen LogP contribution is 2.27. The predicted octanol–water partition coefficient (Wildman–Crippen LogP) is 3.59. The van der Waals surface area contributed by atoms with Crippen LogP contribution in [0.4, 0.5) is 8.78 Å². The van der Waals surface area contributed by atoms with Gasteiger partial charge in [-0.15, -0.1) is 0 Å². The Labute approximate surface area is 125 Å². The maximum atomic E-state index is 13.5. The number of imidazole rings is 1. The van der Waals surface area contributed by atoms with Gasteiger partial charge in [0.15, 0.2) is 11.6 Å². The number of fused-ring (bicyclic) bond motifs is 1. The summed E-state index contributed by atoms with van der Waals surface area (Å²) in [7, 11) is 0. The Balaban J connectivity index is 2.25. The first-order valence-corrected chi connectivity index (χ1v) is 6.79. The number of benzene rings is 2. The number of hydrogen-bond acceptors (Lipinski definition) is 2. The summed E-state index contributed by atoms with van der Waals surface area (Å²) in [6.07, 6.45) is 0. The molecule has 0 atom stereocenters.